The standard InChI is InChI=1S/C32H42O3Si2/c1-11-31(33,23-24-36(8,9)10)32(12-2)28(30(6,7)25-34-32)35-37(29(3,4)5,26-19-15-13-16-20-26)27-21-17-14-18-22-27/h2,11,13-22,28,33H,1,25H2,3-10H3/t28-,31+,32-/m1/s1. The Balaban J connectivity index is 2.36. The summed E-state index contributed by atoms with van der Waals surface area (Å²) in [6.07, 6.45) is 7.06. The Morgan fingerprint density at radius 1 is 1.03 bits per heavy atom. The van der Waals surface area contributed by atoms with Crippen molar-refractivity contribution in [1.29, 1.82) is 0 Å². The van der Waals surface area contributed by atoms with E-state index in [1.165, 1.54) is 6.08 Å². The van der Waals surface area contributed by atoms with Gasteiger partial charge in [0.05, 0.1) is 12.7 Å². The van der Waals surface area contributed by atoms with Crippen molar-refractivity contribution in [3.8, 4) is 23.8 Å². The first kappa shape index (κ1) is 29.2. The molecule has 3 nitrogen and oxygen atoms in total. The van der Waals surface area contributed by atoms with Crippen LogP contribution in [0.25, 0.3) is 0 Å². The Morgan fingerprint density at radius 2 is 1.51 bits per heavy atom. The van der Waals surface area contributed by atoms with Crippen LogP contribution in [-0.4, -0.2) is 45.4 Å². The topological polar surface area (TPSA) is 38.7 Å². The normalized spacial score (nSPS) is 23.3. The number of terminal acetylenes is 1. The van der Waals surface area contributed by atoms with Gasteiger partial charge in [0.2, 0.25) is 0 Å². The number of hydrogen-bond donors (Lipinski definition) is 1. The van der Waals surface area contributed by atoms with Crippen molar-refractivity contribution < 1.29 is 14.3 Å². The third kappa shape index (κ3) is 5.17. The van der Waals surface area contributed by atoms with Crippen molar-refractivity contribution in [2.75, 3.05) is 6.61 Å². The molecule has 0 amide bonds. The maximum atomic E-state index is 12.1. The molecule has 0 spiro atoms. The fraction of sp³-hybridized carbons (Fsp3) is 0.438. The molecule has 0 aromatic heterocycles. The highest BCUT2D eigenvalue weighted by Crippen LogP contribution is 2.50. The summed E-state index contributed by atoms with van der Waals surface area (Å²) in [4.78, 5) is 0. The van der Waals surface area contributed by atoms with Gasteiger partial charge in [-0.05, 0) is 21.5 Å². The Labute approximate surface area is 226 Å². The monoisotopic (exact) mass is 530 g/mol. The summed E-state index contributed by atoms with van der Waals surface area (Å²) in [5.41, 5.74) is -0.517. The zero-order valence-corrected chi connectivity index (χ0v) is 25.7. The van der Waals surface area contributed by atoms with E-state index >= 15 is 0 Å². The summed E-state index contributed by atoms with van der Waals surface area (Å²) in [6, 6.07) is 20.9. The highest BCUT2D eigenvalue weighted by molar-refractivity contribution is 6.99. The Kier molecular flexibility index (Phi) is 7.93. The van der Waals surface area contributed by atoms with Crippen LogP contribution in [0.5, 0.6) is 0 Å². The van der Waals surface area contributed by atoms with Crippen molar-refractivity contribution in [2.45, 2.75) is 76.6 Å². The second-order valence-corrected chi connectivity index (χ2v) is 21.8. The lowest BCUT2D eigenvalue weighted by atomic mass is 9.72. The van der Waals surface area contributed by atoms with Crippen LogP contribution in [0.4, 0.5) is 0 Å². The van der Waals surface area contributed by atoms with Crippen molar-refractivity contribution in [1.82, 2.24) is 0 Å². The molecule has 196 valence electrons. The van der Waals surface area contributed by atoms with E-state index in [2.05, 4.69) is 127 Å². The van der Waals surface area contributed by atoms with Gasteiger partial charge in [0, 0.05) is 5.41 Å². The fourth-order valence-electron chi connectivity index (χ4n) is 5.23. The van der Waals surface area contributed by atoms with Crippen molar-refractivity contribution in [2.24, 2.45) is 5.41 Å². The largest absolute Gasteiger partial charge is 0.400 e. The summed E-state index contributed by atoms with van der Waals surface area (Å²) >= 11 is 0. The molecule has 5 heteroatoms. The van der Waals surface area contributed by atoms with Gasteiger partial charge in [0.1, 0.15) is 8.07 Å². The van der Waals surface area contributed by atoms with Crippen LogP contribution in [0.1, 0.15) is 34.6 Å². The van der Waals surface area contributed by atoms with Gasteiger partial charge in [-0.2, -0.15) is 0 Å². The van der Waals surface area contributed by atoms with Crippen LogP contribution in [0, 0.1) is 29.2 Å². The molecule has 0 saturated carbocycles. The Hall–Kier alpha value is -2.39. The van der Waals surface area contributed by atoms with Crippen LogP contribution in [0.15, 0.2) is 73.3 Å². The molecule has 1 fully saturated rings. The average molecular weight is 531 g/mol. The van der Waals surface area contributed by atoms with E-state index in [0.717, 1.165) is 10.4 Å². The van der Waals surface area contributed by atoms with Gasteiger partial charge in [-0.15, -0.1) is 12.0 Å². The summed E-state index contributed by atoms with van der Waals surface area (Å²) in [6.45, 7) is 21.5. The Bertz CT molecular complexity index is 1170. The SMILES string of the molecule is C#C[C@@]1([C@@](O)(C#C[Si](C)(C)C)C=C)OCC(C)(C)[C@H]1O[Si](c1ccccc1)(c1ccccc1)C(C)(C)C. The molecule has 0 unspecified atom stereocenters. The molecule has 0 bridgehead atoms. The summed E-state index contributed by atoms with van der Waals surface area (Å²) in [5, 5.41) is 14.1. The summed E-state index contributed by atoms with van der Waals surface area (Å²) in [5.74, 6) is 5.96. The molecule has 1 heterocycles. The maximum absolute atomic E-state index is 12.1. The molecule has 3 atom stereocenters. The number of aliphatic hydroxyl groups is 1. The second-order valence-electron chi connectivity index (χ2n) is 12.8. The van der Waals surface area contributed by atoms with E-state index in [1.54, 1.807) is 0 Å². The minimum atomic E-state index is -3.02. The van der Waals surface area contributed by atoms with Gasteiger partial charge in [0.15, 0.2) is 11.2 Å². The highest BCUT2D eigenvalue weighted by Gasteiger charge is 2.67. The predicted molar refractivity (Wildman–Crippen MR) is 160 cm³/mol. The third-order valence-electron chi connectivity index (χ3n) is 7.17. The van der Waals surface area contributed by atoms with Crippen molar-refractivity contribution in [3.05, 3.63) is 73.3 Å². The molecule has 1 aliphatic rings. The molecule has 2 aromatic rings. The first-order valence-corrected chi connectivity index (χ1v) is 18.3. The van der Waals surface area contributed by atoms with Gasteiger partial charge >= 0.3 is 0 Å². The molecule has 1 N–H and O–H groups in total. The Morgan fingerprint density at radius 3 is 1.89 bits per heavy atom. The molecule has 2 aromatic carbocycles. The lowest BCUT2D eigenvalue weighted by Gasteiger charge is -2.50. The van der Waals surface area contributed by atoms with Crippen molar-refractivity contribution >= 4 is 26.8 Å². The minimum absolute atomic E-state index is 0.273. The molecular weight excluding hydrogens is 489 g/mol. The maximum Gasteiger partial charge on any atom is 0.261 e. The first-order valence-electron chi connectivity index (χ1n) is 12.9. The van der Waals surface area contributed by atoms with Crippen LogP contribution in [-0.2, 0) is 9.16 Å². The molecule has 0 radical (unpaired) electrons. The molecule has 37 heavy (non-hydrogen) atoms. The molecule has 1 saturated heterocycles. The number of rotatable bonds is 6. The first-order chi connectivity index (χ1) is 17.1. The molecule has 3 rings (SSSR count). The fourth-order valence-corrected chi connectivity index (χ4v) is 10.6. The number of ether oxygens (including phenoxy) is 1. The molecule has 0 aliphatic carbocycles. The molecule has 1 aliphatic heterocycles. The number of hydrogen-bond acceptors (Lipinski definition) is 3. The van der Waals surface area contributed by atoms with Gasteiger partial charge < -0.3 is 14.3 Å². The van der Waals surface area contributed by atoms with E-state index in [9.17, 15) is 5.11 Å². The van der Waals surface area contributed by atoms with E-state index in [-0.39, 0.29) is 5.04 Å². The summed E-state index contributed by atoms with van der Waals surface area (Å²) in [7, 11) is -4.86. The lowest BCUT2D eigenvalue weighted by Crippen LogP contribution is -2.72. The van der Waals surface area contributed by atoms with Crippen LogP contribution >= 0.6 is 0 Å². The van der Waals surface area contributed by atoms with Crippen molar-refractivity contribution in [3.63, 3.8) is 0 Å². The van der Waals surface area contributed by atoms with Gasteiger partial charge in [-0.3, -0.25) is 0 Å². The minimum Gasteiger partial charge on any atom is -0.400 e. The van der Waals surface area contributed by atoms with Crippen LogP contribution in [0.2, 0.25) is 24.7 Å². The highest BCUT2D eigenvalue weighted by atomic mass is 28.4. The number of benzene rings is 2. The van der Waals surface area contributed by atoms with Crippen LogP contribution in [0.3, 0.4) is 0 Å². The second kappa shape index (κ2) is 10.1. The van der Waals surface area contributed by atoms with E-state index < -0.39 is 39.1 Å². The van der Waals surface area contributed by atoms with Gasteiger partial charge in [-0.1, -0.05) is 133 Å². The van der Waals surface area contributed by atoms with E-state index in [1.807, 2.05) is 12.1 Å². The van der Waals surface area contributed by atoms with E-state index in [0.29, 0.717) is 6.61 Å². The zero-order valence-electron chi connectivity index (χ0n) is 23.7. The van der Waals surface area contributed by atoms with Crippen LogP contribution < -0.4 is 10.4 Å². The smallest absolute Gasteiger partial charge is 0.261 e. The quantitative estimate of drug-likeness (QED) is 0.319. The zero-order chi connectivity index (χ0) is 27.8. The average Bonchev–Trinajstić information content (AvgIpc) is 3.11. The molecular formula is C32H42O3Si2. The lowest BCUT2D eigenvalue weighted by molar-refractivity contribution is -0.106. The van der Waals surface area contributed by atoms with Gasteiger partial charge in [0.25, 0.3) is 8.32 Å². The summed E-state index contributed by atoms with van der Waals surface area (Å²) < 4.78 is 14.0. The third-order valence-corrected chi connectivity index (χ3v) is 13.0. The predicted octanol–water partition coefficient (Wildman–Crippen LogP) is 5.16. The van der Waals surface area contributed by atoms with E-state index in [4.69, 9.17) is 15.6 Å². The van der Waals surface area contributed by atoms with Gasteiger partial charge in [-0.25, -0.2) is 0 Å².